The van der Waals surface area contributed by atoms with Crippen LogP contribution in [0.1, 0.15) is 20.8 Å². The van der Waals surface area contributed by atoms with Crippen LogP contribution in [-0.2, 0) is 4.74 Å². The highest BCUT2D eigenvalue weighted by Crippen LogP contribution is 2.10. The van der Waals surface area contributed by atoms with Crippen LogP contribution in [0.4, 0.5) is 16.3 Å². The van der Waals surface area contributed by atoms with Crippen molar-refractivity contribution in [3.8, 4) is 0 Å². The molecule has 0 saturated carbocycles. The first-order chi connectivity index (χ1) is 8.11. The number of carbonyl (C=O) groups is 1. The van der Waals surface area contributed by atoms with Crippen molar-refractivity contribution in [2.24, 2.45) is 5.92 Å². The smallest absolute Gasteiger partial charge is 0.411 e. The molecule has 0 aliphatic carbocycles. The van der Waals surface area contributed by atoms with Gasteiger partial charge in [-0.25, -0.2) is 9.78 Å². The molecule has 0 bridgehead atoms. The summed E-state index contributed by atoms with van der Waals surface area (Å²) < 4.78 is 4.76. The molecule has 94 valence electrons. The number of aromatic nitrogens is 1. The van der Waals surface area contributed by atoms with Crippen LogP contribution in [0.3, 0.4) is 0 Å². The van der Waals surface area contributed by atoms with Gasteiger partial charge in [0.1, 0.15) is 5.82 Å². The van der Waals surface area contributed by atoms with Gasteiger partial charge in [-0.2, -0.15) is 0 Å². The van der Waals surface area contributed by atoms with E-state index < -0.39 is 6.09 Å². The second-order valence-electron chi connectivity index (χ2n) is 4.05. The zero-order valence-electron chi connectivity index (χ0n) is 10.5. The fourth-order valence-corrected chi connectivity index (χ4v) is 1.17. The number of pyridine rings is 1. The van der Waals surface area contributed by atoms with Crippen molar-refractivity contribution in [2.75, 3.05) is 23.8 Å². The molecule has 1 aromatic rings. The van der Waals surface area contributed by atoms with E-state index in [9.17, 15) is 4.79 Å². The molecule has 0 aromatic carbocycles. The third-order valence-electron chi connectivity index (χ3n) is 1.98. The molecule has 0 aliphatic heterocycles. The summed E-state index contributed by atoms with van der Waals surface area (Å²) in [6.45, 7) is 7.25. The summed E-state index contributed by atoms with van der Waals surface area (Å²) in [6.07, 6.45) is 1.14. The third kappa shape index (κ3) is 5.19. The normalized spacial score (nSPS) is 10.1. The van der Waals surface area contributed by atoms with Crippen molar-refractivity contribution in [3.05, 3.63) is 18.3 Å². The van der Waals surface area contributed by atoms with Gasteiger partial charge in [0.2, 0.25) is 0 Å². The van der Waals surface area contributed by atoms with E-state index in [2.05, 4.69) is 29.5 Å². The Morgan fingerprint density at radius 2 is 2.24 bits per heavy atom. The number of rotatable bonds is 5. The molecule has 0 saturated heterocycles. The summed E-state index contributed by atoms with van der Waals surface area (Å²) in [6, 6.07) is 3.61. The maximum Gasteiger partial charge on any atom is 0.411 e. The maximum absolute atomic E-state index is 11.1. The second-order valence-corrected chi connectivity index (χ2v) is 4.05. The molecular formula is C12H19N3O2. The van der Waals surface area contributed by atoms with Gasteiger partial charge in [-0.15, -0.1) is 0 Å². The van der Waals surface area contributed by atoms with Crippen LogP contribution in [0.15, 0.2) is 18.3 Å². The first kappa shape index (κ1) is 13.3. The van der Waals surface area contributed by atoms with Gasteiger partial charge in [0.15, 0.2) is 0 Å². The van der Waals surface area contributed by atoms with E-state index in [1.165, 1.54) is 0 Å². The maximum atomic E-state index is 11.1. The third-order valence-corrected chi connectivity index (χ3v) is 1.98. The molecule has 0 spiro atoms. The molecule has 17 heavy (non-hydrogen) atoms. The molecule has 1 aromatic heterocycles. The Kier molecular flexibility index (Phi) is 5.26. The molecule has 0 aliphatic rings. The largest absolute Gasteiger partial charge is 0.450 e. The Morgan fingerprint density at radius 1 is 1.47 bits per heavy atom. The topological polar surface area (TPSA) is 63.2 Å². The molecule has 0 radical (unpaired) electrons. The number of hydrogen-bond donors (Lipinski definition) is 2. The number of amides is 1. The minimum atomic E-state index is -0.461. The van der Waals surface area contributed by atoms with Crippen molar-refractivity contribution in [2.45, 2.75) is 20.8 Å². The second kappa shape index (κ2) is 6.73. The zero-order chi connectivity index (χ0) is 12.7. The summed E-state index contributed by atoms with van der Waals surface area (Å²) in [5.74, 6) is 1.36. The van der Waals surface area contributed by atoms with E-state index in [0.717, 1.165) is 12.4 Å². The summed E-state index contributed by atoms with van der Waals surface area (Å²) in [5, 5.41) is 5.78. The van der Waals surface area contributed by atoms with Crippen LogP contribution in [0.25, 0.3) is 0 Å². The number of hydrogen-bond acceptors (Lipinski definition) is 4. The number of anilines is 2. The van der Waals surface area contributed by atoms with Gasteiger partial charge < -0.3 is 10.1 Å². The Bertz CT molecular complexity index is 349. The summed E-state index contributed by atoms with van der Waals surface area (Å²) in [4.78, 5) is 15.3. The van der Waals surface area contributed by atoms with Crippen molar-refractivity contribution >= 4 is 17.6 Å². The zero-order valence-corrected chi connectivity index (χ0v) is 10.5. The van der Waals surface area contributed by atoms with Gasteiger partial charge in [0.25, 0.3) is 0 Å². The number of carbonyl (C=O) groups excluding carboxylic acids is 1. The van der Waals surface area contributed by atoms with Crippen molar-refractivity contribution in [1.82, 2.24) is 4.98 Å². The fraction of sp³-hybridized carbons (Fsp3) is 0.500. The Labute approximate surface area is 102 Å². The standard InChI is InChI=1S/C12H19N3O2/c1-4-17-12(16)15-10-5-6-11(14-8-10)13-7-9(2)3/h5-6,8-9H,4,7H2,1-3H3,(H,13,14)(H,15,16). The average Bonchev–Trinajstić information content (AvgIpc) is 2.28. The summed E-state index contributed by atoms with van der Waals surface area (Å²) in [7, 11) is 0. The molecule has 1 amide bonds. The minimum Gasteiger partial charge on any atom is -0.450 e. The van der Waals surface area contributed by atoms with Crippen LogP contribution in [0.5, 0.6) is 0 Å². The number of nitrogens with one attached hydrogen (secondary N) is 2. The average molecular weight is 237 g/mol. The van der Waals surface area contributed by atoms with Gasteiger partial charge in [0.05, 0.1) is 18.5 Å². The minimum absolute atomic E-state index is 0.354. The number of nitrogens with zero attached hydrogens (tertiary/aromatic N) is 1. The highest BCUT2D eigenvalue weighted by atomic mass is 16.5. The van der Waals surface area contributed by atoms with Crippen LogP contribution in [-0.4, -0.2) is 24.2 Å². The highest BCUT2D eigenvalue weighted by molar-refractivity contribution is 5.84. The Balaban J connectivity index is 2.47. The lowest BCUT2D eigenvalue weighted by molar-refractivity contribution is 0.168. The highest BCUT2D eigenvalue weighted by Gasteiger charge is 2.02. The Hall–Kier alpha value is -1.78. The molecule has 0 unspecified atom stereocenters. The van der Waals surface area contributed by atoms with Crippen molar-refractivity contribution in [1.29, 1.82) is 0 Å². The van der Waals surface area contributed by atoms with E-state index in [4.69, 9.17) is 4.74 Å². The van der Waals surface area contributed by atoms with Gasteiger partial charge in [-0.05, 0) is 25.0 Å². The quantitative estimate of drug-likeness (QED) is 0.826. The molecule has 1 rings (SSSR count). The molecule has 0 fully saturated rings. The Morgan fingerprint density at radius 3 is 2.76 bits per heavy atom. The SMILES string of the molecule is CCOC(=O)Nc1ccc(NCC(C)C)nc1. The van der Waals surface area contributed by atoms with Gasteiger partial charge in [-0.3, -0.25) is 5.32 Å². The lowest BCUT2D eigenvalue weighted by Gasteiger charge is -2.09. The van der Waals surface area contributed by atoms with Crippen LogP contribution < -0.4 is 10.6 Å². The van der Waals surface area contributed by atoms with E-state index in [-0.39, 0.29) is 0 Å². The molecule has 0 atom stereocenters. The van der Waals surface area contributed by atoms with Crippen molar-refractivity contribution < 1.29 is 9.53 Å². The van der Waals surface area contributed by atoms with Gasteiger partial charge in [-0.1, -0.05) is 13.8 Å². The summed E-state index contributed by atoms with van der Waals surface area (Å²) >= 11 is 0. The lowest BCUT2D eigenvalue weighted by Crippen LogP contribution is -2.14. The van der Waals surface area contributed by atoms with Crippen LogP contribution in [0, 0.1) is 5.92 Å². The first-order valence-electron chi connectivity index (χ1n) is 5.75. The first-order valence-corrected chi connectivity index (χ1v) is 5.75. The summed E-state index contributed by atoms with van der Waals surface area (Å²) in [5.41, 5.74) is 0.624. The van der Waals surface area contributed by atoms with Gasteiger partial charge in [0, 0.05) is 6.54 Å². The van der Waals surface area contributed by atoms with E-state index in [1.54, 1.807) is 19.2 Å². The predicted molar refractivity (Wildman–Crippen MR) is 68.2 cm³/mol. The monoisotopic (exact) mass is 237 g/mol. The molecular weight excluding hydrogens is 218 g/mol. The van der Waals surface area contributed by atoms with E-state index in [0.29, 0.717) is 18.2 Å². The molecule has 2 N–H and O–H groups in total. The van der Waals surface area contributed by atoms with E-state index >= 15 is 0 Å². The van der Waals surface area contributed by atoms with Gasteiger partial charge >= 0.3 is 6.09 Å². The number of ether oxygens (including phenoxy) is 1. The molecule has 5 nitrogen and oxygen atoms in total. The van der Waals surface area contributed by atoms with E-state index in [1.807, 2.05) is 6.07 Å². The molecule has 1 heterocycles. The van der Waals surface area contributed by atoms with Crippen LogP contribution in [0.2, 0.25) is 0 Å². The van der Waals surface area contributed by atoms with Crippen molar-refractivity contribution in [3.63, 3.8) is 0 Å². The lowest BCUT2D eigenvalue weighted by atomic mass is 10.2. The fourth-order valence-electron chi connectivity index (χ4n) is 1.17. The predicted octanol–water partition coefficient (Wildman–Crippen LogP) is 2.72. The van der Waals surface area contributed by atoms with Crippen LogP contribution >= 0.6 is 0 Å². The molecule has 5 heteroatoms.